The van der Waals surface area contributed by atoms with E-state index < -0.39 is 6.04 Å². The number of hydrogen-bond acceptors (Lipinski definition) is 4. The molecule has 158 valence electrons. The van der Waals surface area contributed by atoms with Gasteiger partial charge in [0.1, 0.15) is 17.7 Å². The zero-order valence-electron chi connectivity index (χ0n) is 17.1. The minimum atomic E-state index is -0.606. The van der Waals surface area contributed by atoms with Crippen LogP contribution >= 0.6 is 0 Å². The van der Waals surface area contributed by atoms with E-state index in [9.17, 15) is 14.0 Å². The first-order valence-electron chi connectivity index (χ1n) is 10.1. The number of aromatic nitrogens is 5. The van der Waals surface area contributed by atoms with Crippen molar-refractivity contribution in [2.45, 2.75) is 51.7 Å². The maximum Gasteiger partial charge on any atom is 0.346 e. The molecule has 4 rings (SSSR count). The van der Waals surface area contributed by atoms with Gasteiger partial charge in [-0.15, -0.1) is 0 Å². The molecule has 0 fully saturated rings. The Labute approximate surface area is 173 Å². The van der Waals surface area contributed by atoms with E-state index in [1.165, 1.54) is 21.4 Å². The van der Waals surface area contributed by atoms with Gasteiger partial charge in [-0.3, -0.25) is 14.0 Å². The highest BCUT2D eigenvalue weighted by molar-refractivity contribution is 5.80. The number of hydrogen-bond donors (Lipinski definition) is 1. The number of benzene rings is 1. The summed E-state index contributed by atoms with van der Waals surface area (Å²) in [5.41, 5.74) is 2.09. The van der Waals surface area contributed by atoms with Crippen LogP contribution in [0.5, 0.6) is 0 Å². The molecule has 1 aliphatic rings. The average molecular weight is 412 g/mol. The number of carbonyl (C=O) groups is 1. The van der Waals surface area contributed by atoms with Crippen molar-refractivity contribution in [1.82, 2.24) is 29.4 Å². The second kappa shape index (κ2) is 8.25. The molecule has 30 heavy (non-hydrogen) atoms. The highest BCUT2D eigenvalue weighted by Gasteiger charge is 2.29. The van der Waals surface area contributed by atoms with Crippen LogP contribution in [0.15, 0.2) is 35.1 Å². The van der Waals surface area contributed by atoms with Crippen LogP contribution in [0.25, 0.3) is 0 Å². The largest absolute Gasteiger partial charge is 0.349 e. The molecule has 1 amide bonds. The predicted molar refractivity (Wildman–Crippen MR) is 108 cm³/mol. The third-order valence-corrected chi connectivity index (χ3v) is 5.45. The maximum atomic E-state index is 13.5. The minimum Gasteiger partial charge on any atom is -0.349 e. The maximum absolute atomic E-state index is 13.5. The van der Waals surface area contributed by atoms with Gasteiger partial charge in [0.05, 0.1) is 24.5 Å². The highest BCUT2D eigenvalue weighted by Crippen LogP contribution is 2.22. The molecule has 3 aromatic rings. The summed E-state index contributed by atoms with van der Waals surface area (Å²) in [6.45, 7) is 2.41. The van der Waals surface area contributed by atoms with Crippen LogP contribution in [-0.2, 0) is 31.4 Å². The van der Waals surface area contributed by atoms with Crippen molar-refractivity contribution < 1.29 is 9.18 Å². The molecule has 0 unspecified atom stereocenters. The van der Waals surface area contributed by atoms with E-state index in [4.69, 9.17) is 0 Å². The predicted octanol–water partition coefficient (Wildman–Crippen LogP) is 1.86. The van der Waals surface area contributed by atoms with Gasteiger partial charge in [-0.25, -0.2) is 13.9 Å². The lowest BCUT2D eigenvalue weighted by Crippen LogP contribution is -2.38. The molecule has 3 heterocycles. The quantitative estimate of drug-likeness (QED) is 0.693. The fourth-order valence-corrected chi connectivity index (χ4v) is 3.98. The molecule has 2 aromatic heterocycles. The second-order valence-electron chi connectivity index (χ2n) is 7.74. The van der Waals surface area contributed by atoms with Crippen LogP contribution in [-0.4, -0.2) is 30.0 Å². The Hall–Kier alpha value is -3.23. The zero-order chi connectivity index (χ0) is 21.3. The SMILES string of the molecule is Cc1cc(CNC(=O)[C@@H]2CCCCc3nn(Cc4cccc(F)c4)c(=O)n32)n(C)n1. The van der Waals surface area contributed by atoms with Gasteiger partial charge in [-0.2, -0.15) is 10.2 Å². The molecule has 0 radical (unpaired) electrons. The van der Waals surface area contributed by atoms with Crippen LogP contribution in [0.2, 0.25) is 0 Å². The summed E-state index contributed by atoms with van der Waals surface area (Å²) < 4.78 is 18.1. The standard InChI is InChI=1S/C21H25FN6O2/c1-14-10-17(26(2)24-14)12-23-20(29)18-8-3-4-9-19-25-27(21(30)28(18)19)13-15-6-5-7-16(22)11-15/h5-7,10-11,18H,3-4,8-9,12-13H2,1-2H3,(H,23,29)/t18-/m0/s1. The van der Waals surface area contributed by atoms with E-state index in [-0.39, 0.29) is 24.0 Å². The first-order valence-corrected chi connectivity index (χ1v) is 10.1. The van der Waals surface area contributed by atoms with Crippen LogP contribution in [0.4, 0.5) is 4.39 Å². The summed E-state index contributed by atoms with van der Waals surface area (Å²) in [6.07, 6.45) is 2.92. The summed E-state index contributed by atoms with van der Waals surface area (Å²) in [6, 6.07) is 7.41. The van der Waals surface area contributed by atoms with E-state index in [0.29, 0.717) is 30.8 Å². The monoisotopic (exact) mass is 412 g/mol. The molecule has 1 atom stereocenters. The molecule has 0 bridgehead atoms. The van der Waals surface area contributed by atoms with E-state index in [1.807, 2.05) is 20.0 Å². The smallest absolute Gasteiger partial charge is 0.346 e. The Balaban J connectivity index is 1.57. The lowest BCUT2D eigenvalue weighted by molar-refractivity contribution is -0.124. The van der Waals surface area contributed by atoms with E-state index >= 15 is 0 Å². The van der Waals surface area contributed by atoms with Gasteiger partial charge in [0.15, 0.2) is 0 Å². The fraction of sp³-hybridized carbons (Fsp3) is 0.429. The molecular weight excluding hydrogens is 387 g/mol. The van der Waals surface area contributed by atoms with Crippen molar-refractivity contribution in [3.8, 4) is 0 Å². The van der Waals surface area contributed by atoms with Gasteiger partial charge in [0.2, 0.25) is 5.91 Å². The molecule has 8 nitrogen and oxygen atoms in total. The number of halogens is 1. The lowest BCUT2D eigenvalue weighted by atomic mass is 10.1. The second-order valence-corrected chi connectivity index (χ2v) is 7.74. The summed E-state index contributed by atoms with van der Waals surface area (Å²) in [4.78, 5) is 26.1. The number of amides is 1. The Morgan fingerprint density at radius 3 is 2.83 bits per heavy atom. The highest BCUT2D eigenvalue weighted by atomic mass is 19.1. The van der Waals surface area contributed by atoms with Gasteiger partial charge < -0.3 is 5.32 Å². The summed E-state index contributed by atoms with van der Waals surface area (Å²) in [5.74, 6) is 0.0406. The van der Waals surface area contributed by atoms with Crippen molar-refractivity contribution in [2.75, 3.05) is 0 Å². The van der Waals surface area contributed by atoms with Crippen molar-refractivity contribution >= 4 is 5.91 Å². The number of nitrogens with one attached hydrogen (secondary N) is 1. The Bertz CT molecular complexity index is 1130. The van der Waals surface area contributed by atoms with E-state index in [0.717, 1.165) is 24.2 Å². The molecule has 1 aliphatic heterocycles. The number of carbonyl (C=O) groups excluding carboxylic acids is 1. The van der Waals surface area contributed by atoms with Crippen LogP contribution in [0.3, 0.4) is 0 Å². The normalized spacial score (nSPS) is 16.2. The number of rotatable bonds is 5. The average Bonchev–Trinajstić information content (AvgIpc) is 3.08. The van der Waals surface area contributed by atoms with Crippen molar-refractivity contribution in [1.29, 1.82) is 0 Å². The Morgan fingerprint density at radius 2 is 2.10 bits per heavy atom. The molecular formula is C21H25FN6O2. The molecule has 0 saturated carbocycles. The third-order valence-electron chi connectivity index (χ3n) is 5.45. The molecule has 1 aromatic carbocycles. The first-order chi connectivity index (χ1) is 14.4. The van der Waals surface area contributed by atoms with Crippen LogP contribution in [0.1, 0.15) is 48.1 Å². The van der Waals surface area contributed by atoms with Gasteiger partial charge in [-0.1, -0.05) is 18.6 Å². The Morgan fingerprint density at radius 1 is 1.27 bits per heavy atom. The van der Waals surface area contributed by atoms with Gasteiger partial charge >= 0.3 is 5.69 Å². The van der Waals surface area contributed by atoms with Crippen LogP contribution < -0.4 is 11.0 Å². The van der Waals surface area contributed by atoms with Crippen molar-refractivity contribution in [3.63, 3.8) is 0 Å². The summed E-state index contributed by atoms with van der Waals surface area (Å²) >= 11 is 0. The minimum absolute atomic E-state index is 0.166. The number of nitrogens with zero attached hydrogens (tertiary/aromatic N) is 5. The van der Waals surface area contributed by atoms with Gasteiger partial charge in [0.25, 0.3) is 0 Å². The topological polar surface area (TPSA) is 86.7 Å². The van der Waals surface area contributed by atoms with Gasteiger partial charge in [0, 0.05) is 13.5 Å². The first kappa shape index (κ1) is 20.1. The van der Waals surface area contributed by atoms with Gasteiger partial charge in [-0.05, 0) is 43.5 Å². The number of aryl methyl sites for hydroxylation is 3. The molecule has 0 saturated heterocycles. The zero-order valence-corrected chi connectivity index (χ0v) is 17.1. The fourth-order valence-electron chi connectivity index (χ4n) is 3.98. The number of fused-ring (bicyclic) bond motifs is 1. The van der Waals surface area contributed by atoms with Crippen molar-refractivity contribution in [2.24, 2.45) is 7.05 Å². The van der Waals surface area contributed by atoms with E-state index in [1.54, 1.807) is 16.8 Å². The molecule has 1 N–H and O–H groups in total. The summed E-state index contributed by atoms with van der Waals surface area (Å²) in [7, 11) is 1.83. The molecule has 9 heteroatoms. The third kappa shape index (κ3) is 4.05. The van der Waals surface area contributed by atoms with E-state index in [2.05, 4.69) is 15.5 Å². The molecule has 0 aliphatic carbocycles. The van der Waals surface area contributed by atoms with Crippen LogP contribution in [0, 0.1) is 12.7 Å². The summed E-state index contributed by atoms with van der Waals surface area (Å²) in [5, 5.41) is 11.7. The van der Waals surface area contributed by atoms with Crippen molar-refractivity contribution in [3.05, 3.63) is 69.4 Å². The lowest BCUT2D eigenvalue weighted by Gasteiger charge is -2.16. The molecule has 0 spiro atoms. The Kier molecular flexibility index (Phi) is 5.52.